The van der Waals surface area contributed by atoms with Gasteiger partial charge in [0, 0.05) is 5.69 Å². The molecule has 2 rings (SSSR count). The number of nitrogens with two attached hydrogens (primary N) is 1. The van der Waals surface area contributed by atoms with Gasteiger partial charge >= 0.3 is 6.36 Å². The van der Waals surface area contributed by atoms with E-state index in [4.69, 9.17) is 33.7 Å². The van der Waals surface area contributed by atoms with E-state index >= 15 is 0 Å². The van der Waals surface area contributed by atoms with Crippen LogP contribution in [0.3, 0.4) is 0 Å². The maximum atomic E-state index is 12.0. The molecule has 0 aromatic heterocycles. The van der Waals surface area contributed by atoms with Gasteiger partial charge in [-0.2, -0.15) is 0 Å². The Kier molecular flexibility index (Phi) is 4.39. The molecular formula is C13H8Cl2F3NO2. The van der Waals surface area contributed by atoms with Gasteiger partial charge in [0.2, 0.25) is 0 Å². The number of ether oxygens (including phenoxy) is 2. The van der Waals surface area contributed by atoms with Crippen LogP contribution in [0.15, 0.2) is 36.4 Å². The molecular weight excluding hydrogens is 330 g/mol. The third-order valence-corrected chi connectivity index (χ3v) is 2.86. The van der Waals surface area contributed by atoms with Crippen LogP contribution >= 0.6 is 23.2 Å². The number of hydrogen-bond acceptors (Lipinski definition) is 3. The molecule has 0 heterocycles. The van der Waals surface area contributed by atoms with Crippen LogP contribution in [-0.4, -0.2) is 6.36 Å². The third kappa shape index (κ3) is 4.34. The summed E-state index contributed by atoms with van der Waals surface area (Å²) in [7, 11) is 0. The van der Waals surface area contributed by atoms with E-state index in [1.807, 2.05) is 0 Å². The molecule has 0 unspecified atom stereocenters. The zero-order valence-corrected chi connectivity index (χ0v) is 11.8. The summed E-state index contributed by atoms with van der Waals surface area (Å²) in [6.45, 7) is 0. The van der Waals surface area contributed by atoms with Gasteiger partial charge < -0.3 is 15.2 Å². The number of anilines is 1. The average Bonchev–Trinajstić information content (AvgIpc) is 2.34. The minimum atomic E-state index is -4.74. The van der Waals surface area contributed by atoms with Gasteiger partial charge in [-0.15, -0.1) is 13.2 Å². The van der Waals surface area contributed by atoms with E-state index in [2.05, 4.69) is 4.74 Å². The Bertz CT molecular complexity index is 622. The number of benzene rings is 2. The fourth-order valence-corrected chi connectivity index (χ4v) is 2.09. The van der Waals surface area contributed by atoms with Crippen molar-refractivity contribution in [1.82, 2.24) is 0 Å². The van der Waals surface area contributed by atoms with Crippen molar-refractivity contribution in [3.63, 3.8) is 0 Å². The smallest absolute Gasteiger partial charge is 0.454 e. The quantitative estimate of drug-likeness (QED) is 0.776. The topological polar surface area (TPSA) is 44.5 Å². The lowest BCUT2D eigenvalue weighted by Gasteiger charge is -2.12. The Balaban J connectivity index is 2.18. The predicted molar refractivity (Wildman–Crippen MR) is 74.1 cm³/mol. The van der Waals surface area contributed by atoms with E-state index in [0.717, 1.165) is 12.1 Å². The molecule has 2 aromatic rings. The fraction of sp³-hybridized carbons (Fsp3) is 0.0769. The van der Waals surface area contributed by atoms with Crippen molar-refractivity contribution in [1.29, 1.82) is 0 Å². The van der Waals surface area contributed by atoms with Crippen LogP contribution in [0.5, 0.6) is 17.2 Å². The van der Waals surface area contributed by atoms with Gasteiger partial charge in [-0.25, -0.2) is 0 Å². The van der Waals surface area contributed by atoms with Crippen molar-refractivity contribution in [3.8, 4) is 17.2 Å². The van der Waals surface area contributed by atoms with Crippen LogP contribution in [-0.2, 0) is 0 Å². The average molecular weight is 338 g/mol. The lowest BCUT2D eigenvalue weighted by Crippen LogP contribution is -2.16. The minimum absolute atomic E-state index is 0.164. The molecule has 2 N–H and O–H groups in total. The summed E-state index contributed by atoms with van der Waals surface area (Å²) in [4.78, 5) is 0. The van der Waals surface area contributed by atoms with Crippen molar-refractivity contribution in [2.24, 2.45) is 0 Å². The molecule has 0 bridgehead atoms. The standard InChI is InChI=1S/C13H8Cl2F3NO2/c14-10-5-7(19)6-11(15)12(10)20-8-1-3-9(4-2-8)21-13(16,17)18/h1-6H,19H2. The van der Waals surface area contributed by atoms with Crippen LogP contribution in [0.2, 0.25) is 10.0 Å². The van der Waals surface area contributed by atoms with Crippen LogP contribution in [0.1, 0.15) is 0 Å². The van der Waals surface area contributed by atoms with Gasteiger partial charge in [0.25, 0.3) is 0 Å². The van der Waals surface area contributed by atoms with Gasteiger partial charge in [0.05, 0.1) is 10.0 Å². The molecule has 0 atom stereocenters. The monoisotopic (exact) mass is 337 g/mol. The molecule has 21 heavy (non-hydrogen) atoms. The first-order chi connectivity index (χ1) is 9.74. The highest BCUT2D eigenvalue weighted by atomic mass is 35.5. The summed E-state index contributed by atoms with van der Waals surface area (Å²) in [6.07, 6.45) is -4.74. The van der Waals surface area contributed by atoms with Crippen molar-refractivity contribution >= 4 is 28.9 Å². The number of rotatable bonds is 3. The largest absolute Gasteiger partial charge is 0.573 e. The zero-order chi connectivity index (χ0) is 15.6. The summed E-state index contributed by atoms with van der Waals surface area (Å²) in [5.74, 6) is 0.0551. The van der Waals surface area contributed by atoms with E-state index in [1.165, 1.54) is 24.3 Å². The Morgan fingerprint density at radius 3 is 1.86 bits per heavy atom. The minimum Gasteiger partial charge on any atom is -0.454 e. The van der Waals surface area contributed by atoms with Crippen LogP contribution in [0.4, 0.5) is 18.9 Å². The molecule has 112 valence electrons. The summed E-state index contributed by atoms with van der Waals surface area (Å²) < 4.78 is 45.3. The normalized spacial score (nSPS) is 11.3. The summed E-state index contributed by atoms with van der Waals surface area (Å²) in [5, 5.41) is 0.381. The van der Waals surface area contributed by atoms with Crippen LogP contribution in [0, 0.1) is 0 Å². The second-order valence-corrected chi connectivity index (χ2v) is 4.75. The predicted octanol–water partition coefficient (Wildman–Crippen LogP) is 5.27. The Labute approximate surface area is 128 Å². The maximum Gasteiger partial charge on any atom is 0.573 e. The van der Waals surface area contributed by atoms with Crippen LogP contribution < -0.4 is 15.2 Å². The van der Waals surface area contributed by atoms with Gasteiger partial charge in [0.15, 0.2) is 5.75 Å². The van der Waals surface area contributed by atoms with E-state index in [-0.39, 0.29) is 27.3 Å². The van der Waals surface area contributed by atoms with Gasteiger partial charge in [-0.05, 0) is 36.4 Å². The number of halogens is 5. The Morgan fingerprint density at radius 1 is 0.905 bits per heavy atom. The number of alkyl halides is 3. The van der Waals surface area contributed by atoms with Crippen molar-refractivity contribution in [2.45, 2.75) is 6.36 Å². The second-order valence-electron chi connectivity index (χ2n) is 3.93. The van der Waals surface area contributed by atoms with E-state index in [0.29, 0.717) is 5.69 Å². The highest BCUT2D eigenvalue weighted by Gasteiger charge is 2.31. The molecule has 0 saturated heterocycles. The van der Waals surface area contributed by atoms with E-state index < -0.39 is 6.36 Å². The molecule has 8 heteroatoms. The summed E-state index contributed by atoms with van der Waals surface area (Å²) in [5.41, 5.74) is 5.92. The first-order valence-electron chi connectivity index (χ1n) is 5.53. The third-order valence-electron chi connectivity index (χ3n) is 2.30. The zero-order valence-electron chi connectivity index (χ0n) is 10.2. The SMILES string of the molecule is Nc1cc(Cl)c(Oc2ccc(OC(F)(F)F)cc2)c(Cl)c1. The molecule has 0 spiro atoms. The molecule has 0 radical (unpaired) electrons. The van der Waals surface area contributed by atoms with Crippen molar-refractivity contribution in [2.75, 3.05) is 5.73 Å². The molecule has 3 nitrogen and oxygen atoms in total. The highest BCUT2D eigenvalue weighted by Crippen LogP contribution is 2.38. The fourth-order valence-electron chi connectivity index (χ4n) is 1.50. The van der Waals surface area contributed by atoms with Crippen LogP contribution in [0.25, 0.3) is 0 Å². The summed E-state index contributed by atoms with van der Waals surface area (Å²) in [6, 6.07) is 7.71. The van der Waals surface area contributed by atoms with Crippen molar-refractivity contribution in [3.05, 3.63) is 46.4 Å². The lowest BCUT2D eigenvalue weighted by molar-refractivity contribution is -0.274. The first kappa shape index (κ1) is 15.6. The maximum absolute atomic E-state index is 12.0. The van der Waals surface area contributed by atoms with Gasteiger partial charge in [-0.1, -0.05) is 23.2 Å². The molecule has 0 fully saturated rings. The highest BCUT2D eigenvalue weighted by molar-refractivity contribution is 6.37. The first-order valence-corrected chi connectivity index (χ1v) is 6.28. The van der Waals surface area contributed by atoms with E-state index in [1.54, 1.807) is 0 Å². The molecule has 2 aromatic carbocycles. The molecule has 0 aliphatic rings. The Morgan fingerprint density at radius 2 is 1.38 bits per heavy atom. The Hall–Kier alpha value is -1.79. The molecule has 0 saturated carbocycles. The number of hydrogen-bond donors (Lipinski definition) is 1. The second kappa shape index (κ2) is 5.91. The lowest BCUT2D eigenvalue weighted by atomic mass is 10.3. The van der Waals surface area contributed by atoms with Gasteiger partial charge in [-0.3, -0.25) is 0 Å². The molecule has 0 aliphatic carbocycles. The molecule has 0 aliphatic heterocycles. The van der Waals surface area contributed by atoms with Crippen molar-refractivity contribution < 1.29 is 22.6 Å². The molecule has 0 amide bonds. The number of nitrogen functional groups attached to an aromatic ring is 1. The van der Waals surface area contributed by atoms with Gasteiger partial charge in [0.1, 0.15) is 11.5 Å². The summed E-state index contributed by atoms with van der Waals surface area (Å²) >= 11 is 11.9. The van der Waals surface area contributed by atoms with E-state index in [9.17, 15) is 13.2 Å².